The number of pyridine rings is 1. The topological polar surface area (TPSA) is 62.2 Å². The molecule has 1 heterocycles. The van der Waals surface area contributed by atoms with E-state index in [9.17, 15) is 18.7 Å². The molecule has 1 amide bonds. The van der Waals surface area contributed by atoms with Crippen LogP contribution in [0, 0.1) is 0 Å². The van der Waals surface area contributed by atoms with Gasteiger partial charge in [-0.2, -0.15) is 0 Å². The first kappa shape index (κ1) is 17.1. The van der Waals surface area contributed by atoms with Crippen LogP contribution in [-0.2, 0) is 0 Å². The van der Waals surface area contributed by atoms with Gasteiger partial charge in [-0.25, -0.2) is 8.78 Å². The van der Waals surface area contributed by atoms with Crippen LogP contribution in [0.15, 0.2) is 36.5 Å². The van der Waals surface area contributed by atoms with E-state index in [1.165, 1.54) is 6.20 Å². The van der Waals surface area contributed by atoms with Gasteiger partial charge in [0.15, 0.2) is 0 Å². The summed E-state index contributed by atoms with van der Waals surface area (Å²) in [6, 6.07) is 7.35. The van der Waals surface area contributed by atoms with Crippen LogP contribution in [0.1, 0.15) is 48.0 Å². The maximum absolute atomic E-state index is 13.4. The SMILES string of the molecule is O=C(NC1(CO)CC1)c1cnc2c(C3=CCC(F)(F)CC3)cccc2c1. The van der Waals surface area contributed by atoms with Crippen molar-refractivity contribution in [3.05, 3.63) is 47.7 Å². The van der Waals surface area contributed by atoms with Gasteiger partial charge in [0.2, 0.25) is 0 Å². The number of amides is 1. The Labute approximate surface area is 149 Å². The number of benzene rings is 1. The molecule has 136 valence electrons. The summed E-state index contributed by atoms with van der Waals surface area (Å²) >= 11 is 0. The molecule has 0 radical (unpaired) electrons. The third kappa shape index (κ3) is 3.21. The second kappa shape index (κ2) is 6.13. The quantitative estimate of drug-likeness (QED) is 0.876. The molecule has 1 saturated carbocycles. The number of nitrogens with one attached hydrogen (secondary N) is 1. The van der Waals surface area contributed by atoms with Crippen LogP contribution in [0.3, 0.4) is 0 Å². The lowest BCUT2D eigenvalue weighted by Crippen LogP contribution is -2.39. The van der Waals surface area contributed by atoms with Crippen LogP contribution >= 0.6 is 0 Å². The molecule has 2 aliphatic carbocycles. The Kier molecular flexibility index (Phi) is 4.03. The highest BCUT2D eigenvalue weighted by Gasteiger charge is 2.43. The lowest BCUT2D eigenvalue weighted by atomic mass is 9.90. The van der Waals surface area contributed by atoms with E-state index in [1.54, 1.807) is 12.1 Å². The maximum atomic E-state index is 13.4. The molecule has 2 aromatic rings. The first-order chi connectivity index (χ1) is 12.4. The number of fused-ring (bicyclic) bond motifs is 1. The molecule has 0 bridgehead atoms. The molecule has 6 heteroatoms. The average molecular weight is 358 g/mol. The molecule has 4 rings (SSSR count). The number of hydrogen-bond acceptors (Lipinski definition) is 3. The first-order valence-corrected chi connectivity index (χ1v) is 8.81. The number of carbonyl (C=O) groups excluding carboxylic acids is 1. The minimum absolute atomic E-state index is 0.0668. The molecular formula is C20H20F2N2O2. The van der Waals surface area contributed by atoms with Crippen molar-refractivity contribution in [3.63, 3.8) is 0 Å². The summed E-state index contributed by atoms with van der Waals surface area (Å²) in [5, 5.41) is 13.0. The van der Waals surface area contributed by atoms with Gasteiger partial charge in [-0.3, -0.25) is 9.78 Å². The van der Waals surface area contributed by atoms with Crippen molar-refractivity contribution >= 4 is 22.4 Å². The largest absolute Gasteiger partial charge is 0.394 e. The zero-order valence-electron chi connectivity index (χ0n) is 14.3. The number of nitrogens with zero attached hydrogens (tertiary/aromatic N) is 1. The minimum Gasteiger partial charge on any atom is -0.394 e. The molecule has 0 saturated heterocycles. The van der Waals surface area contributed by atoms with E-state index < -0.39 is 11.5 Å². The molecule has 1 fully saturated rings. The number of carbonyl (C=O) groups is 1. The van der Waals surface area contributed by atoms with Gasteiger partial charge in [0, 0.05) is 30.0 Å². The van der Waals surface area contributed by atoms with Crippen molar-refractivity contribution in [3.8, 4) is 0 Å². The molecule has 0 spiro atoms. The van der Waals surface area contributed by atoms with Crippen molar-refractivity contribution < 1.29 is 18.7 Å². The van der Waals surface area contributed by atoms with E-state index in [0.717, 1.165) is 29.4 Å². The highest BCUT2D eigenvalue weighted by Crippen LogP contribution is 2.38. The summed E-state index contributed by atoms with van der Waals surface area (Å²) < 4.78 is 26.8. The van der Waals surface area contributed by atoms with Crippen LogP contribution in [-0.4, -0.2) is 34.1 Å². The van der Waals surface area contributed by atoms with Gasteiger partial charge in [0.25, 0.3) is 11.8 Å². The standard InChI is InChI=1S/C20H20F2N2O2/c21-20(22)6-4-13(5-7-20)16-3-1-2-14-10-15(11-23-17(14)16)18(26)24-19(12-25)8-9-19/h1-4,10-11,25H,5-9,12H2,(H,24,26). The maximum Gasteiger partial charge on any atom is 0.253 e. The molecule has 0 unspecified atom stereocenters. The highest BCUT2D eigenvalue weighted by molar-refractivity contribution is 5.99. The van der Waals surface area contributed by atoms with Crippen molar-refractivity contribution in [2.45, 2.75) is 43.6 Å². The zero-order chi connectivity index (χ0) is 18.4. The van der Waals surface area contributed by atoms with Gasteiger partial charge in [-0.15, -0.1) is 0 Å². The van der Waals surface area contributed by atoms with Crippen LogP contribution in [0.4, 0.5) is 8.78 Å². The van der Waals surface area contributed by atoms with Crippen molar-refractivity contribution in [1.82, 2.24) is 10.3 Å². The summed E-state index contributed by atoms with van der Waals surface area (Å²) in [6.07, 6.45) is 4.57. The lowest BCUT2D eigenvalue weighted by molar-refractivity contribution is -0.00602. The van der Waals surface area contributed by atoms with Crippen molar-refractivity contribution in [2.75, 3.05) is 6.61 Å². The molecule has 26 heavy (non-hydrogen) atoms. The number of aliphatic hydroxyl groups is 1. The van der Waals surface area contributed by atoms with Gasteiger partial charge < -0.3 is 10.4 Å². The summed E-state index contributed by atoms with van der Waals surface area (Å²) in [5.74, 6) is -2.88. The van der Waals surface area contributed by atoms with Gasteiger partial charge in [-0.05, 0) is 30.9 Å². The third-order valence-corrected chi connectivity index (χ3v) is 5.26. The number of rotatable bonds is 4. The Bertz CT molecular complexity index is 904. The molecule has 0 atom stereocenters. The summed E-state index contributed by atoms with van der Waals surface area (Å²) in [7, 11) is 0. The van der Waals surface area contributed by atoms with Crippen molar-refractivity contribution in [2.24, 2.45) is 0 Å². The molecule has 1 aromatic heterocycles. The minimum atomic E-state index is -2.63. The fourth-order valence-electron chi connectivity index (χ4n) is 3.37. The lowest BCUT2D eigenvalue weighted by Gasteiger charge is -2.22. The molecule has 0 aliphatic heterocycles. The van der Waals surface area contributed by atoms with Gasteiger partial charge in [0.1, 0.15) is 0 Å². The van der Waals surface area contributed by atoms with Gasteiger partial charge >= 0.3 is 0 Å². The number of aromatic nitrogens is 1. The smallest absolute Gasteiger partial charge is 0.253 e. The Balaban J connectivity index is 1.64. The van der Waals surface area contributed by atoms with Gasteiger partial charge in [0.05, 0.1) is 23.2 Å². The fraction of sp³-hybridized carbons (Fsp3) is 0.400. The van der Waals surface area contributed by atoms with Crippen LogP contribution in [0.25, 0.3) is 16.5 Å². The number of halogens is 2. The van der Waals surface area contributed by atoms with E-state index in [-0.39, 0.29) is 25.4 Å². The summed E-state index contributed by atoms with van der Waals surface area (Å²) in [6.45, 7) is -0.0668. The number of para-hydroxylation sites is 1. The van der Waals surface area contributed by atoms with Crippen LogP contribution < -0.4 is 5.32 Å². The highest BCUT2D eigenvalue weighted by atomic mass is 19.3. The molecular weight excluding hydrogens is 338 g/mol. The van der Waals surface area contributed by atoms with Crippen LogP contribution in [0.5, 0.6) is 0 Å². The first-order valence-electron chi connectivity index (χ1n) is 8.81. The number of allylic oxidation sites excluding steroid dienone is 2. The van der Waals surface area contributed by atoms with E-state index in [0.29, 0.717) is 17.5 Å². The Morgan fingerprint density at radius 3 is 2.73 bits per heavy atom. The number of hydrogen-bond donors (Lipinski definition) is 2. The molecule has 4 nitrogen and oxygen atoms in total. The second-order valence-corrected chi connectivity index (χ2v) is 7.28. The molecule has 1 aromatic carbocycles. The molecule has 2 aliphatic rings. The third-order valence-electron chi connectivity index (χ3n) is 5.26. The Hall–Kier alpha value is -2.34. The summed E-state index contributed by atoms with van der Waals surface area (Å²) in [5.41, 5.74) is 2.39. The Morgan fingerprint density at radius 2 is 2.08 bits per heavy atom. The number of aliphatic hydroxyl groups excluding tert-OH is 1. The summed E-state index contributed by atoms with van der Waals surface area (Å²) in [4.78, 5) is 16.8. The predicted molar refractivity (Wildman–Crippen MR) is 95.0 cm³/mol. The van der Waals surface area contributed by atoms with Crippen LogP contribution in [0.2, 0.25) is 0 Å². The van der Waals surface area contributed by atoms with Crippen molar-refractivity contribution in [1.29, 1.82) is 0 Å². The van der Waals surface area contributed by atoms with E-state index in [4.69, 9.17) is 0 Å². The predicted octanol–water partition coefficient (Wildman–Crippen LogP) is 3.69. The van der Waals surface area contributed by atoms with Gasteiger partial charge in [-0.1, -0.05) is 24.3 Å². The monoisotopic (exact) mass is 358 g/mol. The normalized spacial score (nSPS) is 20.5. The zero-order valence-corrected chi connectivity index (χ0v) is 14.3. The van der Waals surface area contributed by atoms with E-state index in [1.807, 2.05) is 18.2 Å². The number of alkyl halides is 2. The molecule has 2 N–H and O–H groups in total. The van der Waals surface area contributed by atoms with E-state index >= 15 is 0 Å². The second-order valence-electron chi connectivity index (χ2n) is 7.28. The average Bonchev–Trinajstić information content (AvgIpc) is 3.41. The fourth-order valence-corrected chi connectivity index (χ4v) is 3.37. The Morgan fingerprint density at radius 1 is 1.27 bits per heavy atom. The van der Waals surface area contributed by atoms with E-state index in [2.05, 4.69) is 10.3 Å².